The van der Waals surface area contributed by atoms with Gasteiger partial charge in [-0.2, -0.15) is 18.4 Å². The molecule has 0 aliphatic rings. The van der Waals surface area contributed by atoms with Crippen LogP contribution in [0.5, 0.6) is 12.0 Å². The standard InChI is InChI=1S/C14H17N7O6S/c1-25-10(22)8-6-4-5-7-9(8)28(23,24)21-11(15)19-20-12-16-13(26-2)18-14(17-12)27-3/h4-7H,1-3H3,(H3,15,19,21)(H,16,17,18,20). The quantitative estimate of drug-likeness (QED) is 0.226. The van der Waals surface area contributed by atoms with Crippen LogP contribution in [-0.4, -0.2) is 56.6 Å². The van der Waals surface area contributed by atoms with Gasteiger partial charge < -0.3 is 19.9 Å². The van der Waals surface area contributed by atoms with E-state index in [1.54, 1.807) is 0 Å². The van der Waals surface area contributed by atoms with Crippen LogP contribution in [-0.2, 0) is 14.8 Å². The summed E-state index contributed by atoms with van der Waals surface area (Å²) in [5.74, 6) is -1.45. The number of hydrazine groups is 1. The number of esters is 1. The molecule has 13 nitrogen and oxygen atoms in total. The lowest BCUT2D eigenvalue weighted by Gasteiger charge is -2.10. The molecule has 2 rings (SSSR count). The highest BCUT2D eigenvalue weighted by atomic mass is 32.2. The Morgan fingerprint density at radius 3 is 2.25 bits per heavy atom. The SMILES string of the molecule is COC(=O)c1ccccc1S(=O)(=O)N=C(N)NNc1nc(OC)nc(OC)n1. The zero-order valence-electron chi connectivity index (χ0n) is 15.0. The smallest absolute Gasteiger partial charge is 0.339 e. The number of ether oxygens (including phenoxy) is 3. The maximum absolute atomic E-state index is 12.5. The third-order valence-electron chi connectivity index (χ3n) is 3.05. The first-order valence-corrected chi connectivity index (χ1v) is 8.88. The molecular formula is C14H17N7O6S. The highest BCUT2D eigenvalue weighted by Crippen LogP contribution is 2.18. The van der Waals surface area contributed by atoms with Gasteiger partial charge in [0, 0.05) is 0 Å². The summed E-state index contributed by atoms with van der Waals surface area (Å²) in [6.07, 6.45) is 0. The van der Waals surface area contributed by atoms with Crippen molar-refractivity contribution in [2.24, 2.45) is 10.1 Å². The van der Waals surface area contributed by atoms with Crippen molar-refractivity contribution >= 4 is 27.9 Å². The number of aromatic nitrogens is 3. The number of guanidine groups is 1. The summed E-state index contributed by atoms with van der Waals surface area (Å²) in [5, 5.41) is 0. The number of hydrogen-bond acceptors (Lipinski definition) is 10. The second-order valence-corrected chi connectivity index (χ2v) is 6.39. The highest BCUT2D eigenvalue weighted by molar-refractivity contribution is 7.90. The van der Waals surface area contributed by atoms with E-state index in [1.165, 1.54) is 38.5 Å². The zero-order valence-corrected chi connectivity index (χ0v) is 15.8. The van der Waals surface area contributed by atoms with Crippen LogP contribution in [0, 0.1) is 0 Å². The molecule has 14 heteroatoms. The number of carbonyl (C=O) groups is 1. The fourth-order valence-corrected chi connectivity index (χ4v) is 2.95. The van der Waals surface area contributed by atoms with E-state index in [9.17, 15) is 13.2 Å². The molecule has 0 aliphatic heterocycles. The minimum Gasteiger partial charge on any atom is -0.467 e. The summed E-state index contributed by atoms with van der Waals surface area (Å²) >= 11 is 0. The molecular weight excluding hydrogens is 394 g/mol. The highest BCUT2D eigenvalue weighted by Gasteiger charge is 2.22. The van der Waals surface area contributed by atoms with Crippen molar-refractivity contribution in [1.29, 1.82) is 0 Å². The third-order valence-corrected chi connectivity index (χ3v) is 4.40. The molecule has 0 unspecified atom stereocenters. The van der Waals surface area contributed by atoms with Crippen molar-refractivity contribution in [2.75, 3.05) is 26.8 Å². The van der Waals surface area contributed by atoms with Gasteiger partial charge >= 0.3 is 18.0 Å². The zero-order chi connectivity index (χ0) is 20.7. The maximum atomic E-state index is 12.5. The Morgan fingerprint density at radius 1 is 1.07 bits per heavy atom. The van der Waals surface area contributed by atoms with Gasteiger partial charge in [-0.15, -0.1) is 9.38 Å². The van der Waals surface area contributed by atoms with Crippen LogP contribution in [0.2, 0.25) is 0 Å². The summed E-state index contributed by atoms with van der Waals surface area (Å²) in [7, 11) is -0.506. The second kappa shape index (κ2) is 8.81. The Labute approximate surface area is 160 Å². The first-order valence-electron chi connectivity index (χ1n) is 7.44. The van der Waals surface area contributed by atoms with Gasteiger partial charge in [0.1, 0.15) is 4.90 Å². The Hall–Kier alpha value is -3.68. The summed E-state index contributed by atoms with van der Waals surface area (Å²) in [6, 6.07) is 5.31. The van der Waals surface area contributed by atoms with Crippen LogP contribution in [0.15, 0.2) is 33.6 Å². The molecule has 1 aromatic carbocycles. The molecule has 0 radical (unpaired) electrons. The first kappa shape index (κ1) is 20.6. The summed E-state index contributed by atoms with van der Waals surface area (Å²) in [5.41, 5.74) is 10.2. The lowest BCUT2D eigenvalue weighted by atomic mass is 10.2. The van der Waals surface area contributed by atoms with E-state index < -0.39 is 22.0 Å². The van der Waals surface area contributed by atoms with Gasteiger partial charge in [-0.25, -0.2) is 4.79 Å². The molecule has 0 bridgehead atoms. The molecule has 1 aromatic heterocycles. The van der Waals surface area contributed by atoms with Crippen molar-refractivity contribution in [3.63, 3.8) is 0 Å². The predicted octanol–water partition coefficient (Wildman–Crippen LogP) is -0.704. The Bertz CT molecular complexity index is 973. The second-order valence-electron chi connectivity index (χ2n) is 4.82. The van der Waals surface area contributed by atoms with Gasteiger partial charge in [-0.3, -0.25) is 10.9 Å². The molecule has 28 heavy (non-hydrogen) atoms. The number of nitrogens with two attached hydrogens (primary N) is 1. The number of carbonyl (C=O) groups excluding carboxylic acids is 1. The number of hydrogen-bond donors (Lipinski definition) is 3. The van der Waals surface area contributed by atoms with E-state index in [4.69, 9.17) is 15.2 Å². The summed E-state index contributed by atoms with van der Waals surface area (Å²) in [6.45, 7) is 0. The average Bonchev–Trinajstić information content (AvgIpc) is 2.71. The fraction of sp³-hybridized carbons (Fsp3) is 0.214. The van der Waals surface area contributed by atoms with Crippen LogP contribution in [0.1, 0.15) is 10.4 Å². The van der Waals surface area contributed by atoms with Gasteiger partial charge in [-0.1, -0.05) is 12.1 Å². The van der Waals surface area contributed by atoms with Gasteiger partial charge in [0.25, 0.3) is 16.0 Å². The van der Waals surface area contributed by atoms with Crippen LogP contribution in [0.25, 0.3) is 0 Å². The Kier molecular flexibility index (Phi) is 6.49. The number of nitrogens with zero attached hydrogens (tertiary/aromatic N) is 4. The van der Waals surface area contributed by atoms with E-state index in [2.05, 4.69) is 34.9 Å². The number of benzene rings is 1. The molecule has 1 heterocycles. The first-order chi connectivity index (χ1) is 13.3. The molecule has 2 aromatic rings. The van der Waals surface area contributed by atoms with Gasteiger partial charge in [-0.05, 0) is 12.1 Å². The predicted molar refractivity (Wildman–Crippen MR) is 96.3 cm³/mol. The largest absolute Gasteiger partial charge is 0.467 e. The molecule has 0 spiro atoms. The number of rotatable bonds is 7. The maximum Gasteiger partial charge on any atom is 0.339 e. The van der Waals surface area contributed by atoms with E-state index in [0.29, 0.717) is 0 Å². The van der Waals surface area contributed by atoms with Gasteiger partial charge in [0.05, 0.1) is 26.9 Å². The lowest BCUT2D eigenvalue weighted by Crippen LogP contribution is -2.37. The molecule has 0 aliphatic carbocycles. The molecule has 0 atom stereocenters. The number of anilines is 1. The summed E-state index contributed by atoms with van der Waals surface area (Å²) < 4.78 is 42.7. The van der Waals surface area contributed by atoms with E-state index in [-0.39, 0.29) is 28.4 Å². The average molecular weight is 411 g/mol. The molecule has 0 saturated heterocycles. The summed E-state index contributed by atoms with van der Waals surface area (Å²) in [4.78, 5) is 22.9. The number of methoxy groups -OCH3 is 3. The Balaban J connectivity index is 2.23. The normalized spacial score (nSPS) is 11.5. The monoisotopic (exact) mass is 411 g/mol. The molecule has 0 saturated carbocycles. The lowest BCUT2D eigenvalue weighted by molar-refractivity contribution is 0.0596. The van der Waals surface area contributed by atoms with Crippen LogP contribution in [0.3, 0.4) is 0 Å². The van der Waals surface area contributed by atoms with Crippen LogP contribution in [0.4, 0.5) is 5.95 Å². The molecule has 0 fully saturated rings. The van der Waals surface area contributed by atoms with Crippen molar-refractivity contribution in [2.45, 2.75) is 4.90 Å². The van der Waals surface area contributed by atoms with E-state index >= 15 is 0 Å². The van der Waals surface area contributed by atoms with Crippen molar-refractivity contribution < 1.29 is 27.4 Å². The molecule has 150 valence electrons. The number of nitrogens with one attached hydrogen (secondary N) is 2. The Morgan fingerprint density at radius 2 is 1.68 bits per heavy atom. The topological polar surface area (TPSA) is 180 Å². The molecule has 4 N–H and O–H groups in total. The molecule has 0 amide bonds. The fourth-order valence-electron chi connectivity index (χ4n) is 1.87. The van der Waals surface area contributed by atoms with E-state index in [1.807, 2.05) is 0 Å². The number of sulfonamides is 1. The van der Waals surface area contributed by atoms with Gasteiger partial charge in [0.15, 0.2) is 0 Å². The van der Waals surface area contributed by atoms with E-state index in [0.717, 1.165) is 7.11 Å². The van der Waals surface area contributed by atoms with Crippen molar-refractivity contribution in [3.05, 3.63) is 29.8 Å². The van der Waals surface area contributed by atoms with Crippen LogP contribution >= 0.6 is 0 Å². The van der Waals surface area contributed by atoms with Gasteiger partial charge in [0.2, 0.25) is 5.96 Å². The van der Waals surface area contributed by atoms with Crippen LogP contribution < -0.4 is 26.1 Å². The third kappa shape index (κ3) is 4.94. The minimum atomic E-state index is -4.32. The van der Waals surface area contributed by atoms with Crippen molar-refractivity contribution in [3.8, 4) is 12.0 Å². The van der Waals surface area contributed by atoms with Crippen molar-refractivity contribution in [1.82, 2.24) is 20.4 Å². The minimum absolute atomic E-state index is 0.0497.